The predicted octanol–water partition coefficient (Wildman–Crippen LogP) is 2.87. The fraction of sp³-hybridized carbons (Fsp3) is 0.227. The zero-order valence-electron chi connectivity index (χ0n) is 15.9. The number of hydrogen-bond donors (Lipinski definition) is 2. The lowest BCUT2D eigenvalue weighted by molar-refractivity contribution is -0.118. The largest absolute Gasteiger partial charge is 0.491 e. The summed E-state index contributed by atoms with van der Waals surface area (Å²) in [5.74, 6) is -0.224. The van der Waals surface area contributed by atoms with Crippen molar-refractivity contribution >= 4 is 17.5 Å². The molecule has 0 saturated carbocycles. The normalized spacial score (nSPS) is 12.4. The molecule has 0 aliphatic heterocycles. The van der Waals surface area contributed by atoms with Gasteiger partial charge in [0.15, 0.2) is 5.69 Å². The van der Waals surface area contributed by atoms with Gasteiger partial charge in [-0.1, -0.05) is 30.3 Å². The summed E-state index contributed by atoms with van der Waals surface area (Å²) in [5, 5.41) is 7.52. The number of aromatic nitrogens is 2. The summed E-state index contributed by atoms with van der Waals surface area (Å²) in [4.78, 5) is 24.0. The lowest BCUT2D eigenvalue weighted by atomic mass is 10.2. The Morgan fingerprint density at radius 1 is 1.07 bits per heavy atom. The van der Waals surface area contributed by atoms with Crippen LogP contribution in [0.25, 0.3) is 5.69 Å². The lowest BCUT2D eigenvalue weighted by Gasteiger charge is -2.11. The SMILES string of the molecule is NC(=O)CCOc1ccccc1NC(=O)c1nn(-c2ccccc2)c2c1CCC2. The molecule has 0 spiro atoms. The molecule has 1 heterocycles. The van der Waals surface area contributed by atoms with Crippen LogP contribution in [0.5, 0.6) is 5.75 Å². The number of carbonyl (C=O) groups is 2. The van der Waals surface area contributed by atoms with Crippen LogP contribution in [0.4, 0.5) is 5.69 Å². The average molecular weight is 390 g/mol. The van der Waals surface area contributed by atoms with Crippen LogP contribution < -0.4 is 15.8 Å². The second-order valence-corrected chi connectivity index (χ2v) is 6.89. The highest BCUT2D eigenvalue weighted by atomic mass is 16.5. The van der Waals surface area contributed by atoms with E-state index < -0.39 is 5.91 Å². The lowest BCUT2D eigenvalue weighted by Crippen LogP contribution is -2.17. The first-order valence-electron chi connectivity index (χ1n) is 9.61. The fourth-order valence-corrected chi connectivity index (χ4v) is 3.54. The second kappa shape index (κ2) is 8.18. The maximum absolute atomic E-state index is 13.0. The summed E-state index contributed by atoms with van der Waals surface area (Å²) in [7, 11) is 0. The summed E-state index contributed by atoms with van der Waals surface area (Å²) < 4.78 is 7.48. The van der Waals surface area contributed by atoms with Crippen molar-refractivity contribution < 1.29 is 14.3 Å². The van der Waals surface area contributed by atoms with E-state index in [0.717, 1.165) is 36.2 Å². The number of rotatable bonds is 7. The number of nitrogens with one attached hydrogen (secondary N) is 1. The number of para-hydroxylation sites is 3. The number of anilines is 1. The summed E-state index contributed by atoms with van der Waals surface area (Å²) in [5.41, 5.74) is 9.16. The summed E-state index contributed by atoms with van der Waals surface area (Å²) in [6.07, 6.45) is 2.85. The Balaban J connectivity index is 1.58. The third kappa shape index (κ3) is 3.99. The topological polar surface area (TPSA) is 99.2 Å². The maximum Gasteiger partial charge on any atom is 0.276 e. The number of carbonyl (C=O) groups excluding carboxylic acids is 2. The number of primary amides is 1. The Bertz CT molecular complexity index is 1040. The minimum atomic E-state index is -0.437. The zero-order valence-corrected chi connectivity index (χ0v) is 15.9. The highest BCUT2D eigenvalue weighted by Gasteiger charge is 2.27. The molecule has 1 aliphatic rings. The molecule has 0 bridgehead atoms. The van der Waals surface area contributed by atoms with Crippen LogP contribution in [0.15, 0.2) is 54.6 Å². The van der Waals surface area contributed by atoms with Gasteiger partial charge in [-0.05, 0) is 43.5 Å². The molecule has 148 valence electrons. The maximum atomic E-state index is 13.0. The van der Waals surface area contributed by atoms with E-state index >= 15 is 0 Å². The van der Waals surface area contributed by atoms with Crippen molar-refractivity contribution in [3.63, 3.8) is 0 Å². The van der Waals surface area contributed by atoms with Crippen molar-refractivity contribution in [1.29, 1.82) is 0 Å². The average Bonchev–Trinajstić information content (AvgIpc) is 3.32. The Hall–Kier alpha value is -3.61. The third-order valence-electron chi connectivity index (χ3n) is 4.89. The highest BCUT2D eigenvalue weighted by Crippen LogP contribution is 2.30. The van der Waals surface area contributed by atoms with Gasteiger partial charge in [-0.3, -0.25) is 9.59 Å². The van der Waals surface area contributed by atoms with E-state index in [4.69, 9.17) is 10.5 Å². The van der Waals surface area contributed by atoms with Gasteiger partial charge in [-0.25, -0.2) is 4.68 Å². The van der Waals surface area contributed by atoms with E-state index in [-0.39, 0.29) is 18.9 Å². The Morgan fingerprint density at radius 2 is 1.83 bits per heavy atom. The van der Waals surface area contributed by atoms with Crippen LogP contribution in [-0.2, 0) is 17.6 Å². The zero-order chi connectivity index (χ0) is 20.2. The van der Waals surface area contributed by atoms with E-state index in [1.807, 2.05) is 41.1 Å². The number of hydrogen-bond acceptors (Lipinski definition) is 4. The number of fused-ring (bicyclic) bond motifs is 1. The van der Waals surface area contributed by atoms with E-state index in [1.54, 1.807) is 18.2 Å². The number of amides is 2. The summed E-state index contributed by atoms with van der Waals surface area (Å²) >= 11 is 0. The molecule has 2 amide bonds. The minimum absolute atomic E-state index is 0.108. The molecule has 0 radical (unpaired) electrons. The van der Waals surface area contributed by atoms with Gasteiger partial charge in [0.1, 0.15) is 5.75 Å². The summed E-state index contributed by atoms with van der Waals surface area (Å²) in [6, 6.07) is 16.9. The Labute approximate surface area is 168 Å². The van der Waals surface area contributed by atoms with Gasteiger partial charge in [0.25, 0.3) is 5.91 Å². The van der Waals surface area contributed by atoms with Crippen LogP contribution in [0.1, 0.15) is 34.6 Å². The molecule has 3 aromatic rings. The molecule has 0 unspecified atom stereocenters. The van der Waals surface area contributed by atoms with E-state index in [1.165, 1.54) is 0 Å². The molecule has 3 N–H and O–H groups in total. The van der Waals surface area contributed by atoms with Crippen LogP contribution in [-0.4, -0.2) is 28.2 Å². The molecule has 4 rings (SSSR count). The molecule has 0 atom stereocenters. The van der Waals surface area contributed by atoms with Crippen molar-refractivity contribution in [3.8, 4) is 11.4 Å². The van der Waals surface area contributed by atoms with Crippen molar-refractivity contribution in [3.05, 3.63) is 71.5 Å². The van der Waals surface area contributed by atoms with Gasteiger partial charge in [0.2, 0.25) is 5.91 Å². The molecule has 0 fully saturated rings. The van der Waals surface area contributed by atoms with Gasteiger partial charge < -0.3 is 15.8 Å². The number of nitrogens with zero attached hydrogens (tertiary/aromatic N) is 2. The predicted molar refractivity (Wildman–Crippen MR) is 109 cm³/mol. The summed E-state index contributed by atoms with van der Waals surface area (Å²) in [6.45, 7) is 0.153. The van der Waals surface area contributed by atoms with Gasteiger partial charge in [0, 0.05) is 11.3 Å². The van der Waals surface area contributed by atoms with Crippen LogP contribution >= 0.6 is 0 Å². The number of nitrogens with two attached hydrogens (primary N) is 1. The first-order chi connectivity index (χ1) is 14.1. The van der Waals surface area contributed by atoms with E-state index in [2.05, 4.69) is 10.4 Å². The van der Waals surface area contributed by atoms with Gasteiger partial charge in [-0.2, -0.15) is 5.10 Å². The molecular weight excluding hydrogens is 368 g/mol. The van der Waals surface area contributed by atoms with Crippen LogP contribution in [0.2, 0.25) is 0 Å². The van der Waals surface area contributed by atoms with Crippen molar-refractivity contribution in [2.75, 3.05) is 11.9 Å². The van der Waals surface area contributed by atoms with E-state index in [9.17, 15) is 9.59 Å². The standard InChI is InChI=1S/C22H22N4O3/c23-20(27)13-14-29-19-12-5-4-10-17(19)24-22(28)21-16-9-6-11-18(16)26(25-21)15-7-2-1-3-8-15/h1-5,7-8,10,12H,6,9,11,13-14H2,(H2,23,27)(H,24,28). The monoisotopic (exact) mass is 390 g/mol. The quantitative estimate of drug-likeness (QED) is 0.648. The number of benzene rings is 2. The molecule has 7 heteroatoms. The first kappa shape index (κ1) is 18.7. The van der Waals surface area contributed by atoms with Crippen molar-refractivity contribution in [1.82, 2.24) is 9.78 Å². The van der Waals surface area contributed by atoms with Crippen LogP contribution in [0.3, 0.4) is 0 Å². The van der Waals surface area contributed by atoms with Crippen molar-refractivity contribution in [2.24, 2.45) is 5.73 Å². The molecular formula is C22H22N4O3. The highest BCUT2D eigenvalue weighted by molar-refractivity contribution is 6.05. The van der Waals surface area contributed by atoms with Gasteiger partial charge in [0.05, 0.1) is 24.4 Å². The Kier molecular flexibility index (Phi) is 5.29. The third-order valence-corrected chi connectivity index (χ3v) is 4.89. The van der Waals surface area contributed by atoms with Gasteiger partial charge >= 0.3 is 0 Å². The molecule has 0 saturated heterocycles. The van der Waals surface area contributed by atoms with Crippen LogP contribution in [0, 0.1) is 0 Å². The first-order valence-corrected chi connectivity index (χ1v) is 9.61. The smallest absolute Gasteiger partial charge is 0.276 e. The van der Waals surface area contributed by atoms with Gasteiger partial charge in [-0.15, -0.1) is 0 Å². The minimum Gasteiger partial charge on any atom is -0.491 e. The molecule has 7 nitrogen and oxygen atoms in total. The number of ether oxygens (including phenoxy) is 1. The molecule has 2 aromatic carbocycles. The molecule has 1 aliphatic carbocycles. The Morgan fingerprint density at radius 3 is 2.62 bits per heavy atom. The van der Waals surface area contributed by atoms with E-state index in [0.29, 0.717) is 17.1 Å². The fourth-order valence-electron chi connectivity index (χ4n) is 3.54. The molecule has 29 heavy (non-hydrogen) atoms. The van der Waals surface area contributed by atoms with Crippen molar-refractivity contribution in [2.45, 2.75) is 25.7 Å². The second-order valence-electron chi connectivity index (χ2n) is 6.89. The molecule has 1 aromatic heterocycles.